The SMILES string of the molecule is CCc1ccccc1N(CC(=O)N(Cc1ccc(OC)cc1)C(C)C(=O)NC1CCCC1)S(=O)(=O)c1ccc(C)cc1. The van der Waals surface area contributed by atoms with Gasteiger partial charge >= 0.3 is 0 Å². The number of aryl methyl sites for hydroxylation is 2. The Morgan fingerprint density at radius 1 is 0.976 bits per heavy atom. The Bertz CT molecular complexity index is 1470. The second-order valence-corrected chi connectivity index (χ2v) is 12.7. The van der Waals surface area contributed by atoms with Gasteiger partial charge in [0.1, 0.15) is 18.3 Å². The number of nitrogens with one attached hydrogen (secondary N) is 1. The monoisotopic (exact) mass is 591 g/mol. The number of ether oxygens (including phenoxy) is 1. The molecule has 224 valence electrons. The highest BCUT2D eigenvalue weighted by molar-refractivity contribution is 7.92. The van der Waals surface area contributed by atoms with Crippen molar-refractivity contribution in [3.63, 3.8) is 0 Å². The standard InChI is InChI=1S/C33H41N3O5S/c1-5-27-10-6-9-13-31(27)36(42(39,40)30-20-14-24(2)15-21-30)23-32(37)35(22-26-16-18-29(41-4)19-17-26)25(3)33(38)34-28-11-7-8-12-28/h6,9-10,13-21,25,28H,5,7-8,11-12,22-23H2,1-4H3,(H,34,38). The smallest absolute Gasteiger partial charge is 0.264 e. The van der Waals surface area contributed by atoms with Crippen molar-refractivity contribution in [3.05, 3.63) is 89.5 Å². The highest BCUT2D eigenvalue weighted by Crippen LogP contribution is 2.28. The minimum absolute atomic E-state index is 0.0905. The largest absolute Gasteiger partial charge is 0.497 e. The number of hydrogen-bond donors (Lipinski definition) is 1. The van der Waals surface area contributed by atoms with Gasteiger partial charge in [0.05, 0.1) is 17.7 Å². The van der Waals surface area contributed by atoms with E-state index in [0.717, 1.165) is 42.4 Å². The summed E-state index contributed by atoms with van der Waals surface area (Å²) in [5.41, 5.74) is 2.97. The third-order valence-electron chi connectivity index (χ3n) is 7.91. The van der Waals surface area contributed by atoms with Crippen molar-refractivity contribution in [3.8, 4) is 5.75 Å². The molecule has 4 rings (SSSR count). The maximum Gasteiger partial charge on any atom is 0.264 e. The minimum Gasteiger partial charge on any atom is -0.497 e. The van der Waals surface area contributed by atoms with E-state index < -0.39 is 28.5 Å². The third-order valence-corrected chi connectivity index (χ3v) is 9.68. The van der Waals surface area contributed by atoms with Crippen molar-refractivity contribution in [2.75, 3.05) is 18.0 Å². The van der Waals surface area contributed by atoms with Crippen LogP contribution in [0.1, 0.15) is 56.2 Å². The van der Waals surface area contributed by atoms with E-state index in [1.165, 1.54) is 9.21 Å². The quantitative estimate of drug-likeness (QED) is 0.311. The Kier molecular flexibility index (Phi) is 10.3. The fourth-order valence-electron chi connectivity index (χ4n) is 5.31. The molecule has 1 saturated carbocycles. The van der Waals surface area contributed by atoms with E-state index >= 15 is 0 Å². The molecule has 1 aliphatic rings. The van der Waals surface area contributed by atoms with Gasteiger partial charge in [0, 0.05) is 12.6 Å². The molecule has 0 heterocycles. The molecule has 0 aromatic heterocycles. The zero-order valence-corrected chi connectivity index (χ0v) is 25.7. The summed E-state index contributed by atoms with van der Waals surface area (Å²) in [4.78, 5) is 29.1. The highest BCUT2D eigenvalue weighted by Gasteiger charge is 2.34. The van der Waals surface area contributed by atoms with Crippen LogP contribution in [0, 0.1) is 6.92 Å². The topological polar surface area (TPSA) is 96.0 Å². The zero-order valence-electron chi connectivity index (χ0n) is 24.9. The van der Waals surface area contributed by atoms with Gasteiger partial charge in [0.25, 0.3) is 10.0 Å². The number of para-hydroxylation sites is 1. The van der Waals surface area contributed by atoms with Gasteiger partial charge in [-0.05, 0) is 74.6 Å². The van der Waals surface area contributed by atoms with E-state index in [0.29, 0.717) is 17.9 Å². The van der Waals surface area contributed by atoms with Crippen LogP contribution >= 0.6 is 0 Å². The fraction of sp³-hybridized carbons (Fsp3) is 0.394. The molecule has 42 heavy (non-hydrogen) atoms. The van der Waals surface area contributed by atoms with E-state index in [9.17, 15) is 18.0 Å². The maximum atomic E-state index is 14.2. The summed E-state index contributed by atoms with van der Waals surface area (Å²) in [7, 11) is -2.53. The summed E-state index contributed by atoms with van der Waals surface area (Å²) in [6.07, 6.45) is 4.55. The van der Waals surface area contributed by atoms with Crippen LogP contribution in [0.4, 0.5) is 5.69 Å². The summed E-state index contributed by atoms with van der Waals surface area (Å²) in [5, 5.41) is 3.10. The van der Waals surface area contributed by atoms with Crippen molar-refractivity contribution in [1.29, 1.82) is 0 Å². The highest BCUT2D eigenvalue weighted by atomic mass is 32.2. The Balaban J connectivity index is 1.71. The van der Waals surface area contributed by atoms with E-state index in [2.05, 4.69) is 5.32 Å². The predicted octanol–water partition coefficient (Wildman–Crippen LogP) is 5.24. The van der Waals surface area contributed by atoms with E-state index in [1.807, 2.05) is 38.1 Å². The molecular formula is C33H41N3O5S. The molecule has 1 aliphatic carbocycles. The molecule has 8 nitrogen and oxygen atoms in total. The molecule has 0 aliphatic heterocycles. The molecule has 1 fully saturated rings. The number of anilines is 1. The molecule has 1 unspecified atom stereocenters. The first-order valence-corrected chi connectivity index (χ1v) is 16.0. The van der Waals surface area contributed by atoms with Crippen molar-refractivity contribution in [2.45, 2.75) is 76.4 Å². The van der Waals surface area contributed by atoms with Gasteiger partial charge < -0.3 is 15.0 Å². The van der Waals surface area contributed by atoms with E-state index in [-0.39, 0.29) is 23.4 Å². The number of amides is 2. The average Bonchev–Trinajstić information content (AvgIpc) is 3.51. The number of carbonyl (C=O) groups excluding carboxylic acids is 2. The van der Waals surface area contributed by atoms with Gasteiger partial charge in [-0.25, -0.2) is 8.42 Å². The van der Waals surface area contributed by atoms with E-state index in [1.54, 1.807) is 62.6 Å². The summed E-state index contributed by atoms with van der Waals surface area (Å²) in [5.74, 6) is -0.0395. The number of benzene rings is 3. The lowest BCUT2D eigenvalue weighted by Gasteiger charge is -2.33. The molecule has 2 amide bonds. The van der Waals surface area contributed by atoms with Crippen LogP contribution in [0.3, 0.4) is 0 Å². The summed E-state index contributed by atoms with van der Waals surface area (Å²) >= 11 is 0. The minimum atomic E-state index is -4.11. The number of carbonyl (C=O) groups is 2. The number of methoxy groups -OCH3 is 1. The predicted molar refractivity (Wildman–Crippen MR) is 165 cm³/mol. The lowest BCUT2D eigenvalue weighted by atomic mass is 10.1. The number of rotatable bonds is 12. The van der Waals surface area contributed by atoms with Crippen molar-refractivity contribution in [1.82, 2.24) is 10.2 Å². The second-order valence-electron chi connectivity index (χ2n) is 10.8. The lowest BCUT2D eigenvalue weighted by Crippen LogP contribution is -2.52. The van der Waals surface area contributed by atoms with Gasteiger partial charge in [0.2, 0.25) is 11.8 Å². The Labute approximate surface area is 249 Å². The molecule has 1 N–H and O–H groups in total. The lowest BCUT2D eigenvalue weighted by molar-refractivity contribution is -0.139. The molecule has 0 radical (unpaired) electrons. The molecule has 3 aromatic rings. The Morgan fingerprint density at radius 2 is 1.62 bits per heavy atom. The van der Waals surface area contributed by atoms with Crippen LogP contribution in [-0.2, 0) is 32.6 Å². The molecule has 0 spiro atoms. The van der Waals surface area contributed by atoms with Gasteiger partial charge in [0.15, 0.2) is 0 Å². The molecule has 9 heteroatoms. The van der Waals surface area contributed by atoms with Crippen molar-refractivity contribution in [2.24, 2.45) is 0 Å². The van der Waals surface area contributed by atoms with Gasteiger partial charge in [-0.1, -0.05) is 67.8 Å². The zero-order chi connectivity index (χ0) is 30.3. The Morgan fingerprint density at radius 3 is 2.24 bits per heavy atom. The second kappa shape index (κ2) is 13.9. The Hall–Kier alpha value is -3.85. The summed E-state index contributed by atoms with van der Waals surface area (Å²) < 4.78 is 34.6. The van der Waals surface area contributed by atoms with Crippen molar-refractivity contribution >= 4 is 27.5 Å². The van der Waals surface area contributed by atoms with Crippen LogP contribution in [-0.4, -0.2) is 50.9 Å². The molecular weight excluding hydrogens is 550 g/mol. The summed E-state index contributed by atoms with van der Waals surface area (Å²) in [6.45, 7) is 5.22. The van der Waals surface area contributed by atoms with Crippen molar-refractivity contribution < 1.29 is 22.7 Å². The van der Waals surface area contributed by atoms with E-state index in [4.69, 9.17) is 4.74 Å². The fourth-order valence-corrected chi connectivity index (χ4v) is 6.76. The van der Waals surface area contributed by atoms with Gasteiger partial charge in [-0.2, -0.15) is 0 Å². The third kappa shape index (κ3) is 7.31. The van der Waals surface area contributed by atoms with Gasteiger partial charge in [-0.3, -0.25) is 13.9 Å². The molecule has 3 aromatic carbocycles. The number of nitrogens with zero attached hydrogens (tertiary/aromatic N) is 2. The summed E-state index contributed by atoms with van der Waals surface area (Å²) in [6, 6.07) is 20.4. The first kappa shape index (κ1) is 31.1. The first-order valence-electron chi connectivity index (χ1n) is 14.5. The van der Waals surface area contributed by atoms with Gasteiger partial charge in [-0.15, -0.1) is 0 Å². The maximum absolute atomic E-state index is 14.2. The number of hydrogen-bond acceptors (Lipinski definition) is 5. The normalized spacial score (nSPS) is 14.3. The van der Waals surface area contributed by atoms with Crippen LogP contribution in [0.15, 0.2) is 77.7 Å². The van der Waals surface area contributed by atoms with Crippen LogP contribution in [0.2, 0.25) is 0 Å². The average molecular weight is 592 g/mol. The first-order chi connectivity index (χ1) is 20.1. The molecule has 0 saturated heterocycles. The number of sulfonamides is 1. The van der Waals surface area contributed by atoms with Crippen LogP contribution < -0.4 is 14.4 Å². The van der Waals surface area contributed by atoms with Crippen LogP contribution in [0.5, 0.6) is 5.75 Å². The molecule has 0 bridgehead atoms. The molecule has 1 atom stereocenters. The van der Waals surface area contributed by atoms with Crippen LogP contribution in [0.25, 0.3) is 0 Å².